The lowest BCUT2D eigenvalue weighted by Gasteiger charge is -2.19. The molecular formula is C15H20N2O5S. The van der Waals surface area contributed by atoms with Gasteiger partial charge in [0.2, 0.25) is 10.0 Å². The summed E-state index contributed by atoms with van der Waals surface area (Å²) in [7, 11) is -3.27. The van der Waals surface area contributed by atoms with Crippen LogP contribution in [0.4, 0.5) is 5.69 Å². The number of carboxylic acid groups (broad SMARTS) is 1. The van der Waals surface area contributed by atoms with Crippen LogP contribution in [0.3, 0.4) is 0 Å². The zero-order valence-corrected chi connectivity index (χ0v) is 13.9. The molecule has 2 rings (SSSR count). The summed E-state index contributed by atoms with van der Waals surface area (Å²) in [4.78, 5) is 23.2. The van der Waals surface area contributed by atoms with Gasteiger partial charge in [-0.05, 0) is 43.5 Å². The first-order valence-electron chi connectivity index (χ1n) is 7.41. The summed E-state index contributed by atoms with van der Waals surface area (Å²) in [6.07, 6.45) is 0.866. The van der Waals surface area contributed by atoms with Gasteiger partial charge in [0.05, 0.1) is 11.4 Å². The highest BCUT2D eigenvalue weighted by Crippen LogP contribution is 2.26. The average Bonchev–Trinajstić information content (AvgIpc) is 2.83. The SMILES string of the molecule is CCC(NC(=O)c1ccc(N2CCCS2(=O)=O)cc1C)C(=O)O. The number of rotatable bonds is 5. The molecule has 1 amide bonds. The van der Waals surface area contributed by atoms with Crippen molar-refractivity contribution in [2.24, 2.45) is 0 Å². The number of carbonyl (C=O) groups is 2. The summed E-state index contributed by atoms with van der Waals surface area (Å²) in [6.45, 7) is 3.81. The Labute approximate surface area is 135 Å². The molecule has 1 saturated heterocycles. The smallest absolute Gasteiger partial charge is 0.326 e. The molecule has 0 saturated carbocycles. The number of aryl methyl sites for hydroxylation is 1. The van der Waals surface area contributed by atoms with Gasteiger partial charge < -0.3 is 10.4 Å². The molecular weight excluding hydrogens is 320 g/mol. The van der Waals surface area contributed by atoms with Crippen LogP contribution in [-0.2, 0) is 14.8 Å². The van der Waals surface area contributed by atoms with Gasteiger partial charge >= 0.3 is 5.97 Å². The molecule has 1 heterocycles. The number of anilines is 1. The maximum absolute atomic E-state index is 12.2. The highest BCUT2D eigenvalue weighted by Gasteiger charge is 2.29. The number of carboxylic acids is 1. The second-order valence-electron chi connectivity index (χ2n) is 5.51. The van der Waals surface area contributed by atoms with Crippen molar-refractivity contribution in [3.63, 3.8) is 0 Å². The van der Waals surface area contributed by atoms with Gasteiger partial charge in [-0.1, -0.05) is 6.92 Å². The largest absolute Gasteiger partial charge is 0.480 e. The number of hydrogen-bond acceptors (Lipinski definition) is 4. The van der Waals surface area contributed by atoms with Gasteiger partial charge in [0.25, 0.3) is 5.91 Å². The van der Waals surface area contributed by atoms with Crippen molar-refractivity contribution in [3.8, 4) is 0 Å². The Bertz CT molecular complexity index is 729. The fourth-order valence-electron chi connectivity index (χ4n) is 2.56. The van der Waals surface area contributed by atoms with E-state index in [1.807, 2.05) is 0 Å². The van der Waals surface area contributed by atoms with Crippen LogP contribution < -0.4 is 9.62 Å². The fraction of sp³-hybridized carbons (Fsp3) is 0.467. The molecule has 1 atom stereocenters. The first-order chi connectivity index (χ1) is 10.8. The lowest BCUT2D eigenvalue weighted by atomic mass is 10.1. The van der Waals surface area contributed by atoms with Crippen LogP contribution in [-0.4, -0.2) is 43.7 Å². The fourth-order valence-corrected chi connectivity index (χ4v) is 4.12. The summed E-state index contributed by atoms with van der Waals surface area (Å²) in [5.74, 6) is -1.43. The van der Waals surface area contributed by atoms with Crippen molar-refractivity contribution in [1.82, 2.24) is 5.32 Å². The van der Waals surface area contributed by atoms with E-state index < -0.39 is 27.9 Å². The molecule has 1 fully saturated rings. The zero-order valence-electron chi connectivity index (χ0n) is 13.1. The molecule has 1 unspecified atom stereocenters. The Morgan fingerprint density at radius 2 is 2.09 bits per heavy atom. The van der Waals surface area contributed by atoms with Crippen LogP contribution >= 0.6 is 0 Å². The molecule has 23 heavy (non-hydrogen) atoms. The van der Waals surface area contributed by atoms with Crippen LogP contribution in [0.2, 0.25) is 0 Å². The molecule has 7 nitrogen and oxygen atoms in total. The summed E-state index contributed by atoms with van der Waals surface area (Å²) >= 11 is 0. The molecule has 0 aliphatic carbocycles. The highest BCUT2D eigenvalue weighted by atomic mass is 32.2. The maximum Gasteiger partial charge on any atom is 0.326 e. The Kier molecular flexibility index (Phi) is 4.93. The number of carbonyl (C=O) groups excluding carboxylic acids is 1. The maximum atomic E-state index is 12.2. The minimum atomic E-state index is -3.27. The van der Waals surface area contributed by atoms with Crippen LogP contribution in [0.1, 0.15) is 35.7 Å². The molecule has 126 valence electrons. The first kappa shape index (κ1) is 17.3. The van der Waals surface area contributed by atoms with E-state index in [1.165, 1.54) is 10.4 Å². The lowest BCUT2D eigenvalue weighted by Crippen LogP contribution is -2.40. The highest BCUT2D eigenvalue weighted by molar-refractivity contribution is 7.93. The van der Waals surface area contributed by atoms with E-state index in [2.05, 4.69) is 5.32 Å². The van der Waals surface area contributed by atoms with Crippen molar-refractivity contribution in [1.29, 1.82) is 0 Å². The average molecular weight is 340 g/mol. The van der Waals surface area contributed by atoms with E-state index in [-0.39, 0.29) is 12.2 Å². The molecule has 0 bridgehead atoms. The van der Waals surface area contributed by atoms with E-state index in [1.54, 1.807) is 26.0 Å². The van der Waals surface area contributed by atoms with Crippen molar-refractivity contribution in [3.05, 3.63) is 29.3 Å². The predicted molar refractivity (Wildman–Crippen MR) is 86.1 cm³/mol. The van der Waals surface area contributed by atoms with Gasteiger partial charge in [-0.15, -0.1) is 0 Å². The van der Waals surface area contributed by atoms with Gasteiger partial charge in [-0.25, -0.2) is 13.2 Å². The van der Waals surface area contributed by atoms with E-state index in [9.17, 15) is 18.0 Å². The van der Waals surface area contributed by atoms with Crippen molar-refractivity contribution < 1.29 is 23.1 Å². The second-order valence-corrected chi connectivity index (χ2v) is 7.53. The van der Waals surface area contributed by atoms with E-state index in [0.29, 0.717) is 29.8 Å². The monoisotopic (exact) mass is 340 g/mol. The minimum absolute atomic E-state index is 0.130. The van der Waals surface area contributed by atoms with Crippen LogP contribution in [0.5, 0.6) is 0 Å². The summed E-state index contributed by atoms with van der Waals surface area (Å²) in [6, 6.07) is 3.80. The van der Waals surface area contributed by atoms with Gasteiger partial charge in [-0.2, -0.15) is 0 Å². The van der Waals surface area contributed by atoms with Gasteiger partial charge in [-0.3, -0.25) is 9.10 Å². The predicted octanol–water partition coefficient (Wildman–Crippen LogP) is 1.13. The van der Waals surface area contributed by atoms with E-state index >= 15 is 0 Å². The first-order valence-corrected chi connectivity index (χ1v) is 9.02. The number of nitrogens with one attached hydrogen (secondary N) is 1. The van der Waals surface area contributed by atoms with E-state index in [0.717, 1.165) is 0 Å². The Balaban J connectivity index is 2.23. The van der Waals surface area contributed by atoms with Crippen LogP contribution in [0.15, 0.2) is 18.2 Å². The summed E-state index contributed by atoms with van der Waals surface area (Å²) in [5, 5.41) is 11.5. The number of amides is 1. The second kappa shape index (κ2) is 6.57. The Morgan fingerprint density at radius 1 is 1.39 bits per heavy atom. The van der Waals surface area contributed by atoms with Crippen molar-refractivity contribution in [2.45, 2.75) is 32.7 Å². The number of aliphatic carboxylic acids is 1. The molecule has 1 aromatic rings. The molecule has 1 aromatic carbocycles. The Morgan fingerprint density at radius 3 is 2.57 bits per heavy atom. The molecule has 0 spiro atoms. The number of hydrogen-bond donors (Lipinski definition) is 2. The minimum Gasteiger partial charge on any atom is -0.480 e. The molecule has 0 radical (unpaired) electrons. The molecule has 1 aliphatic rings. The third kappa shape index (κ3) is 3.64. The van der Waals surface area contributed by atoms with Crippen LogP contribution in [0, 0.1) is 6.92 Å². The lowest BCUT2D eigenvalue weighted by molar-refractivity contribution is -0.139. The summed E-state index contributed by atoms with van der Waals surface area (Å²) in [5.41, 5.74) is 1.47. The van der Waals surface area contributed by atoms with Gasteiger partial charge in [0, 0.05) is 12.1 Å². The molecule has 8 heteroatoms. The number of nitrogens with zero attached hydrogens (tertiary/aromatic N) is 1. The standard InChI is InChI=1S/C15H20N2O5S/c1-3-13(15(19)20)16-14(18)12-6-5-11(9-10(12)2)17-7-4-8-23(17,21)22/h5-6,9,13H,3-4,7-8H2,1-2H3,(H,16,18)(H,19,20). The van der Waals surface area contributed by atoms with Crippen LogP contribution in [0.25, 0.3) is 0 Å². The molecule has 1 aliphatic heterocycles. The molecule has 2 N–H and O–H groups in total. The third-order valence-corrected chi connectivity index (χ3v) is 5.72. The topological polar surface area (TPSA) is 104 Å². The van der Waals surface area contributed by atoms with Gasteiger partial charge in [0.15, 0.2) is 0 Å². The normalized spacial score (nSPS) is 17.7. The molecule has 0 aromatic heterocycles. The third-order valence-electron chi connectivity index (χ3n) is 3.85. The quantitative estimate of drug-likeness (QED) is 0.836. The Hall–Kier alpha value is -2.09. The van der Waals surface area contributed by atoms with Crippen molar-refractivity contribution in [2.75, 3.05) is 16.6 Å². The van der Waals surface area contributed by atoms with E-state index in [4.69, 9.17) is 5.11 Å². The number of sulfonamides is 1. The zero-order chi connectivity index (χ0) is 17.2. The summed E-state index contributed by atoms with van der Waals surface area (Å²) < 4.78 is 25.2. The van der Waals surface area contributed by atoms with Crippen molar-refractivity contribution >= 4 is 27.6 Å². The van der Waals surface area contributed by atoms with Gasteiger partial charge in [0.1, 0.15) is 6.04 Å². The number of benzene rings is 1.